The molecule has 2 rings (SSSR count). The van der Waals surface area contributed by atoms with E-state index in [1.165, 1.54) is 0 Å². The van der Waals surface area contributed by atoms with Crippen molar-refractivity contribution in [2.75, 3.05) is 19.5 Å². The van der Waals surface area contributed by atoms with Gasteiger partial charge in [-0.15, -0.1) is 0 Å². The number of aromatic nitrogens is 1. The third-order valence-electron chi connectivity index (χ3n) is 3.83. The summed E-state index contributed by atoms with van der Waals surface area (Å²) in [5, 5.41) is 2.87. The van der Waals surface area contributed by atoms with E-state index in [2.05, 4.69) is 10.3 Å². The minimum atomic E-state index is -0.745. The predicted octanol–water partition coefficient (Wildman–Crippen LogP) is 3.32. The molecule has 1 heterocycles. The topological polar surface area (TPSA) is 60.5 Å². The van der Waals surface area contributed by atoms with Gasteiger partial charge in [0, 0.05) is 6.20 Å². The van der Waals surface area contributed by atoms with Crippen molar-refractivity contribution in [2.45, 2.75) is 26.2 Å². The average Bonchev–Trinajstić information content (AvgIpc) is 2.54. The minimum Gasteiger partial charge on any atom is -0.493 e. The van der Waals surface area contributed by atoms with Crippen LogP contribution >= 0.6 is 0 Å². The summed E-state index contributed by atoms with van der Waals surface area (Å²) in [4.78, 5) is 16.8. The van der Waals surface area contributed by atoms with Crippen LogP contribution in [-0.4, -0.2) is 25.1 Å². The molecule has 1 amide bonds. The second kappa shape index (κ2) is 6.69. The van der Waals surface area contributed by atoms with Gasteiger partial charge in [-0.25, -0.2) is 4.98 Å². The van der Waals surface area contributed by atoms with Gasteiger partial charge in [0.2, 0.25) is 5.91 Å². The first-order valence-electron chi connectivity index (χ1n) is 7.35. The van der Waals surface area contributed by atoms with Crippen LogP contribution < -0.4 is 14.8 Å². The van der Waals surface area contributed by atoms with Gasteiger partial charge in [-0.05, 0) is 56.2 Å². The van der Waals surface area contributed by atoms with E-state index in [-0.39, 0.29) is 5.91 Å². The van der Waals surface area contributed by atoms with Crippen LogP contribution in [-0.2, 0) is 10.2 Å². The molecule has 0 aliphatic heterocycles. The number of benzene rings is 1. The molecule has 122 valence electrons. The molecule has 0 aliphatic rings. The van der Waals surface area contributed by atoms with Crippen LogP contribution in [0, 0.1) is 6.92 Å². The van der Waals surface area contributed by atoms with Crippen molar-refractivity contribution in [2.24, 2.45) is 0 Å². The fourth-order valence-corrected chi connectivity index (χ4v) is 2.23. The van der Waals surface area contributed by atoms with Gasteiger partial charge in [0.05, 0.1) is 19.6 Å². The molecule has 2 aromatic rings. The first-order valence-corrected chi connectivity index (χ1v) is 7.35. The van der Waals surface area contributed by atoms with E-state index >= 15 is 0 Å². The Hall–Kier alpha value is -2.56. The molecule has 0 radical (unpaired) electrons. The van der Waals surface area contributed by atoms with Crippen LogP contribution in [0.2, 0.25) is 0 Å². The lowest BCUT2D eigenvalue weighted by molar-refractivity contribution is -0.120. The molecule has 0 bridgehead atoms. The molecule has 0 fully saturated rings. The molecular weight excluding hydrogens is 292 g/mol. The van der Waals surface area contributed by atoms with Gasteiger partial charge in [0.15, 0.2) is 11.5 Å². The Balaban J connectivity index is 2.28. The Morgan fingerprint density at radius 1 is 1.09 bits per heavy atom. The zero-order chi connectivity index (χ0) is 17.0. The van der Waals surface area contributed by atoms with E-state index in [0.717, 1.165) is 11.1 Å². The molecule has 0 atom stereocenters. The van der Waals surface area contributed by atoms with Crippen molar-refractivity contribution in [3.05, 3.63) is 47.7 Å². The average molecular weight is 314 g/mol. The Labute approximate surface area is 136 Å². The summed E-state index contributed by atoms with van der Waals surface area (Å²) in [5.41, 5.74) is 1.13. The van der Waals surface area contributed by atoms with Gasteiger partial charge in [0.1, 0.15) is 5.82 Å². The molecule has 1 aromatic heterocycles. The number of carbonyl (C=O) groups is 1. The van der Waals surface area contributed by atoms with Crippen LogP contribution in [0.1, 0.15) is 25.0 Å². The number of hydrogen-bond acceptors (Lipinski definition) is 4. The van der Waals surface area contributed by atoms with Crippen LogP contribution in [0.25, 0.3) is 0 Å². The smallest absolute Gasteiger partial charge is 0.235 e. The predicted molar refractivity (Wildman–Crippen MR) is 90.2 cm³/mol. The Morgan fingerprint density at radius 2 is 1.78 bits per heavy atom. The number of anilines is 1. The lowest BCUT2D eigenvalue weighted by atomic mass is 9.83. The number of ether oxygens (including phenoxy) is 2. The van der Waals surface area contributed by atoms with Crippen molar-refractivity contribution in [1.29, 1.82) is 0 Å². The molecule has 0 spiro atoms. The highest BCUT2D eigenvalue weighted by Crippen LogP contribution is 2.33. The Kier molecular flexibility index (Phi) is 4.89. The van der Waals surface area contributed by atoms with Crippen LogP contribution in [0.15, 0.2) is 36.5 Å². The largest absolute Gasteiger partial charge is 0.493 e. The number of nitrogens with one attached hydrogen (secondary N) is 1. The third-order valence-corrected chi connectivity index (χ3v) is 3.83. The molecule has 0 unspecified atom stereocenters. The molecule has 1 aromatic carbocycles. The lowest BCUT2D eigenvalue weighted by Gasteiger charge is -2.25. The zero-order valence-corrected chi connectivity index (χ0v) is 14.1. The molecule has 5 nitrogen and oxygen atoms in total. The van der Waals surface area contributed by atoms with E-state index in [9.17, 15) is 4.79 Å². The highest BCUT2D eigenvalue weighted by Gasteiger charge is 2.31. The first kappa shape index (κ1) is 16.8. The third kappa shape index (κ3) is 3.62. The highest BCUT2D eigenvalue weighted by molar-refractivity contribution is 5.98. The normalized spacial score (nSPS) is 11.0. The molecule has 0 saturated carbocycles. The maximum Gasteiger partial charge on any atom is 0.235 e. The van der Waals surface area contributed by atoms with Crippen LogP contribution in [0.4, 0.5) is 5.82 Å². The van der Waals surface area contributed by atoms with Crippen molar-refractivity contribution in [3.8, 4) is 11.5 Å². The molecule has 23 heavy (non-hydrogen) atoms. The maximum atomic E-state index is 12.7. The quantitative estimate of drug-likeness (QED) is 0.919. The van der Waals surface area contributed by atoms with Crippen molar-refractivity contribution in [1.82, 2.24) is 4.98 Å². The van der Waals surface area contributed by atoms with Crippen molar-refractivity contribution >= 4 is 11.7 Å². The SMILES string of the molecule is COc1ccc(C(C)(C)C(=O)Nc2cc(C)ccn2)cc1OC. The molecule has 1 N–H and O–H groups in total. The van der Waals surface area contributed by atoms with E-state index in [4.69, 9.17) is 9.47 Å². The number of carbonyl (C=O) groups excluding carboxylic acids is 1. The number of amides is 1. The fourth-order valence-electron chi connectivity index (χ4n) is 2.23. The number of nitrogens with zero attached hydrogens (tertiary/aromatic N) is 1. The van der Waals surface area contributed by atoms with Crippen molar-refractivity contribution in [3.63, 3.8) is 0 Å². The monoisotopic (exact) mass is 314 g/mol. The summed E-state index contributed by atoms with van der Waals surface area (Å²) in [6, 6.07) is 9.21. The summed E-state index contributed by atoms with van der Waals surface area (Å²) in [6.45, 7) is 5.68. The van der Waals surface area contributed by atoms with E-state index in [0.29, 0.717) is 17.3 Å². The summed E-state index contributed by atoms with van der Waals surface area (Å²) >= 11 is 0. The number of hydrogen-bond donors (Lipinski definition) is 1. The van der Waals surface area contributed by atoms with Crippen molar-refractivity contribution < 1.29 is 14.3 Å². The highest BCUT2D eigenvalue weighted by atomic mass is 16.5. The van der Waals surface area contributed by atoms with Gasteiger partial charge in [-0.2, -0.15) is 0 Å². The minimum absolute atomic E-state index is 0.136. The van der Waals surface area contributed by atoms with Crippen LogP contribution in [0.5, 0.6) is 11.5 Å². The van der Waals surface area contributed by atoms with Gasteiger partial charge < -0.3 is 14.8 Å². The fraction of sp³-hybridized carbons (Fsp3) is 0.333. The van der Waals surface area contributed by atoms with E-state index < -0.39 is 5.41 Å². The summed E-state index contributed by atoms with van der Waals surface area (Å²) < 4.78 is 10.6. The van der Waals surface area contributed by atoms with Crippen LogP contribution in [0.3, 0.4) is 0 Å². The lowest BCUT2D eigenvalue weighted by Crippen LogP contribution is -2.35. The van der Waals surface area contributed by atoms with E-state index in [1.807, 2.05) is 45.0 Å². The molecule has 0 saturated heterocycles. The number of aryl methyl sites for hydroxylation is 1. The maximum absolute atomic E-state index is 12.7. The second-order valence-electron chi connectivity index (χ2n) is 5.87. The zero-order valence-electron chi connectivity index (χ0n) is 14.1. The summed E-state index contributed by atoms with van der Waals surface area (Å²) in [5.74, 6) is 1.64. The second-order valence-corrected chi connectivity index (χ2v) is 5.87. The number of pyridine rings is 1. The van der Waals surface area contributed by atoms with Gasteiger partial charge in [0.25, 0.3) is 0 Å². The Bertz CT molecular complexity index is 711. The first-order chi connectivity index (χ1) is 10.9. The number of methoxy groups -OCH3 is 2. The number of rotatable bonds is 5. The van der Waals surface area contributed by atoms with Gasteiger partial charge in [-0.3, -0.25) is 4.79 Å². The van der Waals surface area contributed by atoms with Gasteiger partial charge >= 0.3 is 0 Å². The standard InChI is InChI=1S/C18H22N2O3/c1-12-8-9-19-16(10-12)20-17(21)18(2,3)13-6-7-14(22-4)15(11-13)23-5/h6-11H,1-5H3,(H,19,20,21). The van der Waals surface area contributed by atoms with E-state index in [1.54, 1.807) is 26.5 Å². The summed E-state index contributed by atoms with van der Waals surface area (Å²) in [6.07, 6.45) is 1.67. The summed E-state index contributed by atoms with van der Waals surface area (Å²) in [7, 11) is 3.16. The molecule has 5 heteroatoms. The molecular formula is C18H22N2O3. The Morgan fingerprint density at radius 3 is 2.39 bits per heavy atom. The molecule has 0 aliphatic carbocycles. The van der Waals surface area contributed by atoms with Gasteiger partial charge in [-0.1, -0.05) is 6.07 Å².